The number of nitrogens with one attached hydrogen (secondary N) is 1. The van der Waals surface area contributed by atoms with Crippen LogP contribution in [0.1, 0.15) is 5.56 Å². The number of hydrogen-bond donors (Lipinski definition) is 2. The lowest BCUT2D eigenvalue weighted by molar-refractivity contribution is -0.123. The van der Waals surface area contributed by atoms with Gasteiger partial charge in [0.1, 0.15) is 5.75 Å². The second-order valence-electron chi connectivity index (χ2n) is 4.21. The van der Waals surface area contributed by atoms with Crippen LogP contribution in [-0.2, 0) is 11.3 Å². The molecule has 0 unspecified atom stereocenters. The molecule has 0 atom stereocenters. The summed E-state index contributed by atoms with van der Waals surface area (Å²) in [6, 6.07) is 15.0. The first kappa shape index (κ1) is 14.4. The Kier molecular flexibility index (Phi) is 5.01. The van der Waals surface area contributed by atoms with Gasteiger partial charge in [-0.15, -0.1) is 0 Å². The van der Waals surface area contributed by atoms with Crippen molar-refractivity contribution in [1.29, 1.82) is 0 Å². The molecule has 0 aliphatic rings. The summed E-state index contributed by atoms with van der Waals surface area (Å²) in [6.45, 7) is 0.440. The quantitative estimate of drug-likeness (QED) is 0.826. The maximum Gasteiger partial charge on any atom is 0.258 e. The number of ether oxygens (including phenoxy) is 1. The van der Waals surface area contributed by atoms with Crippen molar-refractivity contribution < 1.29 is 9.53 Å². The van der Waals surface area contributed by atoms with E-state index in [2.05, 4.69) is 21.2 Å². The summed E-state index contributed by atoms with van der Waals surface area (Å²) in [5.74, 6) is 0.378. The number of anilines is 1. The molecule has 0 aliphatic carbocycles. The van der Waals surface area contributed by atoms with Gasteiger partial charge in [-0.25, -0.2) is 0 Å². The van der Waals surface area contributed by atoms with E-state index in [1.807, 2.05) is 30.3 Å². The molecule has 2 rings (SSSR count). The molecule has 20 heavy (non-hydrogen) atoms. The van der Waals surface area contributed by atoms with Crippen molar-refractivity contribution >= 4 is 27.5 Å². The van der Waals surface area contributed by atoms with E-state index in [1.165, 1.54) is 0 Å². The Morgan fingerprint density at radius 1 is 1.15 bits per heavy atom. The highest BCUT2D eigenvalue weighted by molar-refractivity contribution is 9.10. The first-order valence-electron chi connectivity index (χ1n) is 6.14. The van der Waals surface area contributed by atoms with Crippen molar-refractivity contribution in [2.75, 3.05) is 12.3 Å². The number of amides is 1. The molecule has 104 valence electrons. The molecular formula is C15H15BrN2O2. The highest BCUT2D eigenvalue weighted by Gasteiger charge is 2.07. The smallest absolute Gasteiger partial charge is 0.258 e. The minimum atomic E-state index is -0.178. The summed E-state index contributed by atoms with van der Waals surface area (Å²) in [4.78, 5) is 11.7. The minimum Gasteiger partial charge on any atom is -0.483 e. The van der Waals surface area contributed by atoms with E-state index in [0.29, 0.717) is 22.5 Å². The van der Waals surface area contributed by atoms with E-state index in [-0.39, 0.29) is 12.5 Å². The highest BCUT2D eigenvalue weighted by atomic mass is 79.9. The lowest BCUT2D eigenvalue weighted by Gasteiger charge is -2.10. The summed E-state index contributed by atoms with van der Waals surface area (Å²) in [5, 5.41) is 2.79. The van der Waals surface area contributed by atoms with Crippen LogP contribution < -0.4 is 15.8 Å². The van der Waals surface area contributed by atoms with Crippen LogP contribution in [-0.4, -0.2) is 12.5 Å². The molecule has 0 bridgehead atoms. The van der Waals surface area contributed by atoms with Gasteiger partial charge < -0.3 is 15.8 Å². The van der Waals surface area contributed by atoms with E-state index in [9.17, 15) is 4.79 Å². The molecule has 2 aromatic carbocycles. The SMILES string of the molecule is Nc1cccc(OCC(=O)NCc2ccccc2)c1Br. The Morgan fingerprint density at radius 3 is 2.65 bits per heavy atom. The molecule has 5 heteroatoms. The van der Waals surface area contributed by atoms with Crippen molar-refractivity contribution in [2.45, 2.75) is 6.54 Å². The molecule has 3 N–H and O–H groups in total. The first-order chi connectivity index (χ1) is 9.66. The molecule has 0 spiro atoms. The second kappa shape index (κ2) is 6.96. The molecule has 0 aliphatic heterocycles. The predicted octanol–water partition coefficient (Wildman–Crippen LogP) is 2.73. The summed E-state index contributed by atoms with van der Waals surface area (Å²) in [5.41, 5.74) is 7.36. The fourth-order valence-corrected chi connectivity index (χ4v) is 2.01. The number of nitrogens with two attached hydrogens (primary N) is 1. The van der Waals surface area contributed by atoms with Crippen molar-refractivity contribution in [3.63, 3.8) is 0 Å². The topological polar surface area (TPSA) is 64.3 Å². The third-order valence-corrected chi connectivity index (χ3v) is 3.53. The zero-order valence-electron chi connectivity index (χ0n) is 10.8. The maximum atomic E-state index is 11.7. The van der Waals surface area contributed by atoms with Crippen molar-refractivity contribution in [3.8, 4) is 5.75 Å². The maximum absolute atomic E-state index is 11.7. The number of rotatable bonds is 5. The Bertz CT molecular complexity index is 588. The van der Waals surface area contributed by atoms with E-state index in [4.69, 9.17) is 10.5 Å². The Balaban J connectivity index is 1.82. The Labute approximate surface area is 126 Å². The van der Waals surface area contributed by atoms with Crippen LogP contribution in [0.2, 0.25) is 0 Å². The molecule has 0 fully saturated rings. The van der Waals surface area contributed by atoms with Crippen LogP contribution in [0, 0.1) is 0 Å². The zero-order valence-corrected chi connectivity index (χ0v) is 12.4. The molecule has 2 aromatic rings. The normalized spacial score (nSPS) is 10.1. The fourth-order valence-electron chi connectivity index (χ4n) is 1.63. The van der Waals surface area contributed by atoms with Gasteiger partial charge in [-0.2, -0.15) is 0 Å². The first-order valence-corrected chi connectivity index (χ1v) is 6.93. The summed E-state index contributed by atoms with van der Waals surface area (Å²) < 4.78 is 6.09. The summed E-state index contributed by atoms with van der Waals surface area (Å²) in [6.07, 6.45) is 0. The van der Waals surface area contributed by atoms with Gasteiger partial charge in [-0.3, -0.25) is 4.79 Å². The molecular weight excluding hydrogens is 320 g/mol. The number of benzene rings is 2. The third kappa shape index (κ3) is 3.99. The average molecular weight is 335 g/mol. The van der Waals surface area contributed by atoms with E-state index >= 15 is 0 Å². The van der Waals surface area contributed by atoms with Gasteiger partial charge in [0.25, 0.3) is 5.91 Å². The molecule has 0 aromatic heterocycles. The standard InChI is InChI=1S/C15H15BrN2O2/c16-15-12(17)7-4-8-13(15)20-10-14(19)18-9-11-5-2-1-3-6-11/h1-8H,9-10,17H2,(H,18,19). The van der Waals surface area contributed by atoms with Crippen LogP contribution in [0.25, 0.3) is 0 Å². The molecule has 0 saturated heterocycles. The zero-order chi connectivity index (χ0) is 14.4. The van der Waals surface area contributed by atoms with Crippen LogP contribution in [0.5, 0.6) is 5.75 Å². The number of carbonyl (C=O) groups is 1. The summed E-state index contributed by atoms with van der Waals surface area (Å²) >= 11 is 3.32. The van der Waals surface area contributed by atoms with Gasteiger partial charge in [-0.1, -0.05) is 36.4 Å². The van der Waals surface area contributed by atoms with Crippen LogP contribution in [0.3, 0.4) is 0 Å². The highest BCUT2D eigenvalue weighted by Crippen LogP contribution is 2.30. The van der Waals surface area contributed by atoms with Crippen LogP contribution in [0.15, 0.2) is 53.0 Å². The van der Waals surface area contributed by atoms with Gasteiger partial charge >= 0.3 is 0 Å². The van der Waals surface area contributed by atoms with Crippen molar-refractivity contribution in [1.82, 2.24) is 5.32 Å². The third-order valence-electron chi connectivity index (χ3n) is 2.68. The lowest BCUT2D eigenvalue weighted by Crippen LogP contribution is -2.28. The predicted molar refractivity (Wildman–Crippen MR) is 82.3 cm³/mol. The molecule has 0 saturated carbocycles. The van der Waals surface area contributed by atoms with E-state index in [0.717, 1.165) is 5.56 Å². The van der Waals surface area contributed by atoms with Gasteiger partial charge in [0.2, 0.25) is 0 Å². The average Bonchev–Trinajstić information content (AvgIpc) is 2.48. The fraction of sp³-hybridized carbons (Fsp3) is 0.133. The number of nitrogen functional groups attached to an aromatic ring is 1. The van der Waals surface area contributed by atoms with Gasteiger partial charge in [0.15, 0.2) is 6.61 Å². The molecule has 4 nitrogen and oxygen atoms in total. The summed E-state index contributed by atoms with van der Waals surface area (Å²) in [7, 11) is 0. The largest absolute Gasteiger partial charge is 0.483 e. The molecule has 0 radical (unpaired) electrons. The number of carbonyl (C=O) groups excluding carboxylic acids is 1. The lowest BCUT2D eigenvalue weighted by atomic mass is 10.2. The van der Waals surface area contributed by atoms with Crippen LogP contribution >= 0.6 is 15.9 Å². The molecule has 1 amide bonds. The van der Waals surface area contributed by atoms with Crippen molar-refractivity contribution in [2.24, 2.45) is 0 Å². The van der Waals surface area contributed by atoms with Crippen LogP contribution in [0.4, 0.5) is 5.69 Å². The van der Waals surface area contributed by atoms with Gasteiger partial charge in [0.05, 0.1) is 4.47 Å². The minimum absolute atomic E-state index is 0.0467. The Hall–Kier alpha value is -2.01. The van der Waals surface area contributed by atoms with Crippen molar-refractivity contribution in [3.05, 3.63) is 58.6 Å². The van der Waals surface area contributed by atoms with E-state index < -0.39 is 0 Å². The van der Waals surface area contributed by atoms with Gasteiger partial charge in [0, 0.05) is 12.2 Å². The van der Waals surface area contributed by atoms with Gasteiger partial charge in [-0.05, 0) is 33.6 Å². The monoisotopic (exact) mass is 334 g/mol. The molecule has 0 heterocycles. The van der Waals surface area contributed by atoms with E-state index in [1.54, 1.807) is 18.2 Å². The number of halogens is 1. The second-order valence-corrected chi connectivity index (χ2v) is 5.00. The Morgan fingerprint density at radius 2 is 1.90 bits per heavy atom. The number of hydrogen-bond acceptors (Lipinski definition) is 3.